The molecule has 0 aliphatic heterocycles. The monoisotopic (exact) mass is 296 g/mol. The van der Waals surface area contributed by atoms with E-state index in [-0.39, 0.29) is 0 Å². The fourth-order valence-electron chi connectivity index (χ4n) is 1.50. The van der Waals surface area contributed by atoms with E-state index in [0.29, 0.717) is 21.6 Å². The Morgan fingerprint density at radius 1 is 1.17 bits per heavy atom. The lowest BCUT2D eigenvalue weighted by molar-refractivity contribution is 0.578. The van der Waals surface area contributed by atoms with Crippen molar-refractivity contribution in [3.63, 3.8) is 0 Å². The van der Waals surface area contributed by atoms with Crippen molar-refractivity contribution in [3.05, 3.63) is 46.6 Å². The number of hydrogen-bond acceptors (Lipinski definition) is 4. The first-order chi connectivity index (χ1) is 8.74. The van der Waals surface area contributed by atoms with E-state index in [9.17, 15) is 0 Å². The van der Waals surface area contributed by atoms with Gasteiger partial charge in [-0.1, -0.05) is 23.2 Å². The van der Waals surface area contributed by atoms with E-state index in [0.717, 1.165) is 10.6 Å². The molecule has 0 atom stereocenters. The highest BCUT2D eigenvalue weighted by Crippen LogP contribution is 2.32. The van der Waals surface area contributed by atoms with Gasteiger partial charge < -0.3 is 4.42 Å². The summed E-state index contributed by atoms with van der Waals surface area (Å²) in [4.78, 5) is 4.40. The first kappa shape index (κ1) is 11.7. The van der Waals surface area contributed by atoms with Crippen LogP contribution in [0.25, 0.3) is 22.2 Å². The molecule has 3 rings (SSSR count). The molecule has 0 saturated carbocycles. The fourth-order valence-corrected chi connectivity index (χ4v) is 2.76. The van der Waals surface area contributed by atoms with E-state index in [2.05, 4.69) is 9.36 Å². The molecule has 0 fully saturated rings. The molecule has 0 saturated heterocycles. The van der Waals surface area contributed by atoms with E-state index in [1.165, 1.54) is 11.5 Å². The molecule has 0 bridgehead atoms. The maximum Gasteiger partial charge on any atom is 0.209 e. The van der Waals surface area contributed by atoms with Crippen LogP contribution in [0.4, 0.5) is 0 Å². The molecule has 90 valence electrons. The van der Waals surface area contributed by atoms with Gasteiger partial charge in [-0.3, -0.25) is 0 Å². The Balaban J connectivity index is 2.03. The molecule has 6 heteroatoms. The van der Waals surface area contributed by atoms with E-state index in [1.54, 1.807) is 24.5 Å². The Morgan fingerprint density at radius 3 is 2.78 bits per heavy atom. The number of hydrogen-bond donors (Lipinski definition) is 0. The number of benzene rings is 1. The smallest absolute Gasteiger partial charge is 0.209 e. The molecule has 0 spiro atoms. The van der Waals surface area contributed by atoms with Crippen LogP contribution in [0, 0.1) is 0 Å². The molecule has 2 aromatic heterocycles. The van der Waals surface area contributed by atoms with Crippen LogP contribution in [-0.2, 0) is 0 Å². The zero-order valence-corrected chi connectivity index (χ0v) is 11.3. The Morgan fingerprint density at radius 2 is 2.06 bits per heavy atom. The Labute approximate surface area is 117 Å². The standard InChI is InChI=1S/C12H6Cl2N2OS/c13-7-3-4-8(9(14)6-7)12-15-11(16-18-12)10-2-1-5-17-10/h1-6H. The molecule has 1 aromatic carbocycles. The average molecular weight is 297 g/mol. The van der Waals surface area contributed by atoms with Crippen LogP contribution < -0.4 is 0 Å². The van der Waals surface area contributed by atoms with Crippen LogP contribution in [0.3, 0.4) is 0 Å². The molecular weight excluding hydrogens is 291 g/mol. The molecule has 18 heavy (non-hydrogen) atoms. The number of halogens is 2. The van der Waals surface area contributed by atoms with Gasteiger partial charge in [0, 0.05) is 10.6 Å². The van der Waals surface area contributed by atoms with Crippen molar-refractivity contribution in [2.75, 3.05) is 0 Å². The summed E-state index contributed by atoms with van der Waals surface area (Å²) in [5.74, 6) is 1.20. The van der Waals surface area contributed by atoms with Gasteiger partial charge in [0.2, 0.25) is 5.82 Å². The third-order valence-electron chi connectivity index (χ3n) is 2.33. The van der Waals surface area contributed by atoms with E-state index >= 15 is 0 Å². The lowest BCUT2D eigenvalue weighted by Gasteiger charge is -1.99. The van der Waals surface area contributed by atoms with Gasteiger partial charge in [0.15, 0.2) is 5.76 Å². The van der Waals surface area contributed by atoms with Gasteiger partial charge in [0.1, 0.15) is 5.01 Å². The van der Waals surface area contributed by atoms with Crippen molar-refractivity contribution < 1.29 is 4.42 Å². The van der Waals surface area contributed by atoms with Crippen LogP contribution in [0.1, 0.15) is 0 Å². The van der Waals surface area contributed by atoms with Gasteiger partial charge in [-0.15, -0.1) is 0 Å². The molecule has 3 nitrogen and oxygen atoms in total. The van der Waals surface area contributed by atoms with Gasteiger partial charge in [-0.2, -0.15) is 4.37 Å². The van der Waals surface area contributed by atoms with Gasteiger partial charge in [0.25, 0.3) is 0 Å². The maximum absolute atomic E-state index is 6.13. The van der Waals surface area contributed by atoms with E-state index < -0.39 is 0 Å². The van der Waals surface area contributed by atoms with Crippen molar-refractivity contribution in [3.8, 4) is 22.2 Å². The number of aromatic nitrogens is 2. The van der Waals surface area contributed by atoms with Crippen LogP contribution in [0.5, 0.6) is 0 Å². The van der Waals surface area contributed by atoms with Crippen molar-refractivity contribution in [1.29, 1.82) is 0 Å². The Bertz CT molecular complexity index is 679. The summed E-state index contributed by atoms with van der Waals surface area (Å²) in [5, 5.41) is 1.90. The quantitative estimate of drug-likeness (QED) is 0.683. The third-order valence-corrected chi connectivity index (χ3v) is 3.63. The van der Waals surface area contributed by atoms with Gasteiger partial charge in [-0.05, 0) is 41.9 Å². The fraction of sp³-hybridized carbons (Fsp3) is 0. The van der Waals surface area contributed by atoms with E-state index in [4.69, 9.17) is 27.6 Å². The van der Waals surface area contributed by atoms with Crippen molar-refractivity contribution in [2.45, 2.75) is 0 Å². The summed E-state index contributed by atoms with van der Waals surface area (Å²) in [6, 6.07) is 8.90. The highest BCUT2D eigenvalue weighted by atomic mass is 35.5. The number of nitrogens with zero attached hydrogens (tertiary/aromatic N) is 2. The molecule has 0 aliphatic rings. The molecule has 0 amide bonds. The van der Waals surface area contributed by atoms with E-state index in [1.807, 2.05) is 12.1 Å². The zero-order valence-electron chi connectivity index (χ0n) is 8.93. The highest BCUT2D eigenvalue weighted by molar-refractivity contribution is 7.09. The number of rotatable bonds is 2. The van der Waals surface area contributed by atoms with Gasteiger partial charge in [0.05, 0.1) is 11.3 Å². The lowest BCUT2D eigenvalue weighted by atomic mass is 10.2. The van der Waals surface area contributed by atoms with Crippen molar-refractivity contribution in [2.24, 2.45) is 0 Å². The zero-order chi connectivity index (χ0) is 12.5. The van der Waals surface area contributed by atoms with Crippen LogP contribution in [-0.4, -0.2) is 9.36 Å². The average Bonchev–Trinajstić information content (AvgIpc) is 2.99. The second-order valence-electron chi connectivity index (χ2n) is 3.52. The first-order valence-electron chi connectivity index (χ1n) is 5.07. The highest BCUT2D eigenvalue weighted by Gasteiger charge is 2.12. The van der Waals surface area contributed by atoms with Crippen LogP contribution in [0.2, 0.25) is 10.0 Å². The predicted molar refractivity (Wildman–Crippen MR) is 73.1 cm³/mol. The van der Waals surface area contributed by atoms with Crippen molar-refractivity contribution in [1.82, 2.24) is 9.36 Å². The van der Waals surface area contributed by atoms with Crippen molar-refractivity contribution >= 4 is 34.7 Å². The summed E-state index contributed by atoms with van der Waals surface area (Å²) in [6.07, 6.45) is 1.59. The Hall–Kier alpha value is -1.36. The second kappa shape index (κ2) is 4.72. The first-order valence-corrected chi connectivity index (χ1v) is 6.60. The van der Waals surface area contributed by atoms with Gasteiger partial charge in [-0.25, -0.2) is 4.98 Å². The maximum atomic E-state index is 6.13. The molecule has 0 aliphatic carbocycles. The summed E-state index contributed by atoms with van der Waals surface area (Å²) in [6.45, 7) is 0. The summed E-state index contributed by atoms with van der Waals surface area (Å²) in [5.41, 5.74) is 0.816. The Kier molecular flexibility index (Phi) is 3.07. The number of furan rings is 1. The van der Waals surface area contributed by atoms with Crippen LogP contribution in [0.15, 0.2) is 41.0 Å². The minimum Gasteiger partial charge on any atom is -0.461 e. The molecule has 2 heterocycles. The topological polar surface area (TPSA) is 38.9 Å². The summed E-state index contributed by atoms with van der Waals surface area (Å²) < 4.78 is 9.49. The SMILES string of the molecule is Clc1ccc(-c2nc(-c3ccco3)ns2)c(Cl)c1. The van der Waals surface area contributed by atoms with Crippen LogP contribution >= 0.6 is 34.7 Å². The molecule has 0 unspecified atom stereocenters. The molecular formula is C12H6Cl2N2OS. The lowest BCUT2D eigenvalue weighted by Crippen LogP contribution is -1.80. The largest absolute Gasteiger partial charge is 0.461 e. The molecule has 0 radical (unpaired) electrons. The normalized spacial score (nSPS) is 10.8. The molecule has 0 N–H and O–H groups in total. The summed E-state index contributed by atoms with van der Waals surface area (Å²) >= 11 is 13.3. The second-order valence-corrected chi connectivity index (χ2v) is 5.12. The molecule has 3 aromatic rings. The van der Waals surface area contributed by atoms with Gasteiger partial charge >= 0.3 is 0 Å². The minimum atomic E-state index is 0.560. The minimum absolute atomic E-state index is 0.560. The summed E-state index contributed by atoms with van der Waals surface area (Å²) in [7, 11) is 0. The predicted octanol–water partition coefficient (Wildman–Crippen LogP) is 4.77. The third kappa shape index (κ3) is 2.14.